The van der Waals surface area contributed by atoms with Crippen molar-refractivity contribution < 1.29 is 14.4 Å². The lowest BCUT2D eigenvalue weighted by molar-refractivity contribution is 0.0570. The van der Waals surface area contributed by atoms with Crippen molar-refractivity contribution in [2.24, 2.45) is 0 Å². The van der Waals surface area contributed by atoms with Gasteiger partial charge in [-0.3, -0.25) is 4.79 Å². The Morgan fingerprint density at radius 3 is 2.69 bits per heavy atom. The number of hydrogen-bond acceptors (Lipinski definition) is 4. The SMILES string of the molecule is Cc1noc(C)c1C(=O)N1CCC(C)(O)C1. The van der Waals surface area contributed by atoms with Crippen molar-refractivity contribution >= 4 is 5.91 Å². The number of carbonyl (C=O) groups is 1. The molecule has 0 aromatic carbocycles. The van der Waals surface area contributed by atoms with Gasteiger partial charge in [0.2, 0.25) is 0 Å². The second-order valence-corrected chi connectivity index (χ2v) is 4.67. The molecule has 5 heteroatoms. The first-order valence-corrected chi connectivity index (χ1v) is 5.35. The highest BCUT2D eigenvalue weighted by atomic mass is 16.5. The Hall–Kier alpha value is -1.36. The molecule has 1 aliphatic rings. The zero-order chi connectivity index (χ0) is 11.9. The summed E-state index contributed by atoms with van der Waals surface area (Å²) >= 11 is 0. The number of aryl methyl sites for hydroxylation is 2. The second-order valence-electron chi connectivity index (χ2n) is 4.67. The first-order valence-electron chi connectivity index (χ1n) is 5.35. The summed E-state index contributed by atoms with van der Waals surface area (Å²) in [7, 11) is 0. The topological polar surface area (TPSA) is 66.6 Å². The smallest absolute Gasteiger partial charge is 0.259 e. The van der Waals surface area contributed by atoms with Gasteiger partial charge in [-0.1, -0.05) is 5.16 Å². The summed E-state index contributed by atoms with van der Waals surface area (Å²) in [5.41, 5.74) is 0.362. The molecule has 0 bridgehead atoms. The highest BCUT2D eigenvalue weighted by Gasteiger charge is 2.35. The summed E-state index contributed by atoms with van der Waals surface area (Å²) in [6.45, 7) is 6.17. The molecule has 1 saturated heterocycles. The van der Waals surface area contributed by atoms with Crippen LogP contribution in [-0.2, 0) is 0 Å². The van der Waals surface area contributed by atoms with E-state index < -0.39 is 5.60 Å². The number of hydrogen-bond donors (Lipinski definition) is 1. The average Bonchev–Trinajstić information content (AvgIpc) is 2.70. The minimum atomic E-state index is -0.769. The van der Waals surface area contributed by atoms with E-state index in [9.17, 15) is 9.90 Å². The maximum Gasteiger partial charge on any atom is 0.259 e. The molecule has 2 rings (SSSR count). The Kier molecular flexibility index (Phi) is 2.50. The van der Waals surface area contributed by atoms with Crippen molar-refractivity contribution in [2.45, 2.75) is 32.8 Å². The Balaban J connectivity index is 2.21. The van der Waals surface area contributed by atoms with Crippen LogP contribution in [0.2, 0.25) is 0 Å². The second kappa shape index (κ2) is 3.59. The molecule has 1 fully saturated rings. The van der Waals surface area contributed by atoms with E-state index in [2.05, 4.69) is 5.16 Å². The lowest BCUT2D eigenvalue weighted by Gasteiger charge is -2.18. The monoisotopic (exact) mass is 224 g/mol. The van der Waals surface area contributed by atoms with Crippen LogP contribution >= 0.6 is 0 Å². The molecule has 1 atom stereocenters. The molecule has 0 radical (unpaired) electrons. The minimum absolute atomic E-state index is 0.103. The van der Waals surface area contributed by atoms with Gasteiger partial charge in [-0.25, -0.2) is 0 Å². The quantitative estimate of drug-likeness (QED) is 0.769. The first kappa shape index (κ1) is 11.1. The van der Waals surface area contributed by atoms with Gasteiger partial charge in [-0.2, -0.15) is 0 Å². The van der Waals surface area contributed by atoms with Crippen LogP contribution in [0.15, 0.2) is 4.52 Å². The molecule has 0 aliphatic carbocycles. The van der Waals surface area contributed by atoms with E-state index in [-0.39, 0.29) is 5.91 Å². The zero-order valence-electron chi connectivity index (χ0n) is 9.78. The molecule has 16 heavy (non-hydrogen) atoms. The number of β-amino-alcohol motifs (C(OH)–C–C–N with tert-alkyl or cyclic N) is 1. The van der Waals surface area contributed by atoms with Crippen LogP contribution in [0.1, 0.15) is 35.2 Å². The Bertz CT molecular complexity index is 403. The summed E-state index contributed by atoms with van der Waals surface area (Å²) < 4.78 is 4.97. The van der Waals surface area contributed by atoms with E-state index in [1.165, 1.54) is 0 Å². The van der Waals surface area contributed by atoms with Gasteiger partial charge in [-0.15, -0.1) is 0 Å². The minimum Gasteiger partial charge on any atom is -0.388 e. The van der Waals surface area contributed by atoms with Gasteiger partial charge in [0, 0.05) is 13.1 Å². The first-order chi connectivity index (χ1) is 7.41. The van der Waals surface area contributed by atoms with Gasteiger partial charge in [-0.05, 0) is 27.2 Å². The molecule has 88 valence electrons. The predicted octanol–water partition coefficient (Wildman–Crippen LogP) is 0.888. The number of aromatic nitrogens is 1. The molecule has 1 aliphatic heterocycles. The number of amides is 1. The Morgan fingerprint density at radius 2 is 2.25 bits per heavy atom. The van der Waals surface area contributed by atoms with Gasteiger partial charge in [0.05, 0.1) is 11.3 Å². The van der Waals surface area contributed by atoms with Crippen LogP contribution in [0, 0.1) is 13.8 Å². The molecule has 1 unspecified atom stereocenters. The van der Waals surface area contributed by atoms with Crippen molar-refractivity contribution in [1.82, 2.24) is 10.1 Å². The number of likely N-dealkylation sites (tertiary alicyclic amines) is 1. The third kappa shape index (κ3) is 1.82. The van der Waals surface area contributed by atoms with Crippen molar-refractivity contribution in [2.75, 3.05) is 13.1 Å². The molecular formula is C11H16N2O3. The van der Waals surface area contributed by atoms with Crippen molar-refractivity contribution in [3.05, 3.63) is 17.0 Å². The fraction of sp³-hybridized carbons (Fsp3) is 0.636. The van der Waals surface area contributed by atoms with E-state index >= 15 is 0 Å². The summed E-state index contributed by atoms with van der Waals surface area (Å²) in [6, 6.07) is 0. The number of nitrogens with zero attached hydrogens (tertiary/aromatic N) is 2. The third-order valence-electron chi connectivity index (χ3n) is 2.99. The maximum atomic E-state index is 12.2. The third-order valence-corrected chi connectivity index (χ3v) is 2.99. The normalized spacial score (nSPS) is 25.1. The molecule has 5 nitrogen and oxygen atoms in total. The van der Waals surface area contributed by atoms with Crippen LogP contribution in [-0.4, -0.2) is 39.8 Å². The van der Waals surface area contributed by atoms with Gasteiger partial charge in [0.1, 0.15) is 11.3 Å². The summed E-state index contributed by atoms with van der Waals surface area (Å²) in [5.74, 6) is 0.433. The van der Waals surface area contributed by atoms with Crippen LogP contribution in [0.3, 0.4) is 0 Å². The summed E-state index contributed by atoms with van der Waals surface area (Å²) in [4.78, 5) is 13.8. The van der Waals surface area contributed by atoms with Gasteiger partial charge < -0.3 is 14.5 Å². The number of rotatable bonds is 1. The largest absolute Gasteiger partial charge is 0.388 e. The van der Waals surface area contributed by atoms with Gasteiger partial charge >= 0.3 is 0 Å². The fourth-order valence-corrected chi connectivity index (χ4v) is 2.06. The van der Waals surface area contributed by atoms with Crippen LogP contribution in [0.5, 0.6) is 0 Å². The van der Waals surface area contributed by atoms with E-state index in [0.717, 1.165) is 0 Å². The lowest BCUT2D eigenvalue weighted by atomic mass is 10.1. The maximum absolute atomic E-state index is 12.2. The van der Waals surface area contributed by atoms with E-state index in [1.807, 2.05) is 0 Å². The molecule has 1 aromatic rings. The zero-order valence-corrected chi connectivity index (χ0v) is 9.78. The summed E-state index contributed by atoms with van der Waals surface area (Å²) in [6.07, 6.45) is 0.613. The van der Waals surface area contributed by atoms with Gasteiger partial charge in [0.25, 0.3) is 5.91 Å². The predicted molar refractivity (Wildman–Crippen MR) is 57.1 cm³/mol. The Morgan fingerprint density at radius 1 is 1.56 bits per heavy atom. The summed E-state index contributed by atoms with van der Waals surface area (Å²) in [5, 5.41) is 13.6. The van der Waals surface area contributed by atoms with Gasteiger partial charge in [0.15, 0.2) is 0 Å². The molecule has 0 saturated carbocycles. The van der Waals surface area contributed by atoms with Crippen LogP contribution in [0.4, 0.5) is 0 Å². The number of carbonyl (C=O) groups excluding carboxylic acids is 1. The van der Waals surface area contributed by atoms with Crippen LogP contribution < -0.4 is 0 Å². The lowest BCUT2D eigenvalue weighted by Crippen LogP contribution is -2.34. The van der Waals surface area contributed by atoms with E-state index in [4.69, 9.17) is 4.52 Å². The molecule has 2 heterocycles. The Labute approximate surface area is 94.0 Å². The van der Waals surface area contributed by atoms with Crippen molar-refractivity contribution in [3.63, 3.8) is 0 Å². The molecule has 1 amide bonds. The van der Waals surface area contributed by atoms with E-state index in [1.54, 1.807) is 25.7 Å². The molecule has 0 spiro atoms. The number of aliphatic hydroxyl groups is 1. The van der Waals surface area contributed by atoms with Crippen molar-refractivity contribution in [1.29, 1.82) is 0 Å². The molecular weight excluding hydrogens is 208 g/mol. The molecule has 1 aromatic heterocycles. The standard InChI is InChI=1S/C11H16N2O3/c1-7-9(8(2)16-12-7)10(14)13-5-4-11(3,15)6-13/h15H,4-6H2,1-3H3. The van der Waals surface area contributed by atoms with Crippen LogP contribution in [0.25, 0.3) is 0 Å². The molecule has 1 N–H and O–H groups in total. The van der Waals surface area contributed by atoms with E-state index in [0.29, 0.717) is 36.5 Å². The van der Waals surface area contributed by atoms with Crippen molar-refractivity contribution in [3.8, 4) is 0 Å². The fourth-order valence-electron chi connectivity index (χ4n) is 2.06. The highest BCUT2D eigenvalue weighted by Crippen LogP contribution is 2.24. The highest BCUT2D eigenvalue weighted by molar-refractivity contribution is 5.96. The average molecular weight is 224 g/mol.